The second-order valence-electron chi connectivity index (χ2n) is 11.1. The first-order chi connectivity index (χ1) is 19.4. The molecule has 0 spiro atoms. The predicted octanol–water partition coefficient (Wildman–Crippen LogP) is 4.87. The van der Waals surface area contributed by atoms with Crippen molar-refractivity contribution in [2.75, 3.05) is 6.54 Å². The maximum absolute atomic E-state index is 15.3. The number of nitriles is 1. The molecule has 2 fully saturated rings. The summed E-state index contributed by atoms with van der Waals surface area (Å²) in [5.74, 6) is -0.981. The van der Waals surface area contributed by atoms with Crippen molar-refractivity contribution in [1.82, 2.24) is 24.8 Å². The van der Waals surface area contributed by atoms with Crippen molar-refractivity contribution in [3.05, 3.63) is 88.5 Å². The highest BCUT2D eigenvalue weighted by atomic mass is 19.1. The summed E-state index contributed by atoms with van der Waals surface area (Å²) in [6, 6.07) is 16.7. The molecule has 2 aliphatic carbocycles. The molecule has 1 N–H and O–H groups in total. The lowest BCUT2D eigenvalue weighted by atomic mass is 9.93. The van der Waals surface area contributed by atoms with Crippen molar-refractivity contribution in [2.24, 2.45) is 5.92 Å². The Labute approximate surface area is 230 Å². The average molecular weight is 535 g/mol. The molecule has 0 unspecified atom stereocenters. The molecule has 3 atom stereocenters. The maximum atomic E-state index is 15.3. The summed E-state index contributed by atoms with van der Waals surface area (Å²) in [7, 11) is 0. The average Bonchev–Trinajstić information content (AvgIpc) is 3.89. The number of aromatic nitrogens is 3. The van der Waals surface area contributed by atoms with Crippen molar-refractivity contribution in [2.45, 2.75) is 50.5 Å². The number of carbonyl (C=O) groups is 2. The van der Waals surface area contributed by atoms with Crippen LogP contribution in [0.25, 0.3) is 16.9 Å². The summed E-state index contributed by atoms with van der Waals surface area (Å²) in [5, 5.41) is 15.5. The lowest BCUT2D eigenvalue weighted by molar-refractivity contribution is -0.121. The molecular formula is C31H27FN6O2. The number of benzene rings is 2. The fourth-order valence-electron chi connectivity index (χ4n) is 6.08. The number of hydrogen-bond donors (Lipinski definition) is 1. The SMILES string of the molecule is C[C@@H]1c2ccccc2CCN1C(=O)c1cc(C2CC2)n2nc(-c3ccc([C@H]4C[C@@H]4C(=O)NC#N)cc3F)cc2n1. The van der Waals surface area contributed by atoms with Gasteiger partial charge in [0.1, 0.15) is 11.5 Å². The van der Waals surface area contributed by atoms with Gasteiger partial charge in [-0.3, -0.25) is 14.9 Å². The van der Waals surface area contributed by atoms with Crippen molar-refractivity contribution < 1.29 is 14.0 Å². The van der Waals surface area contributed by atoms with Crippen LogP contribution in [0.1, 0.15) is 76.9 Å². The van der Waals surface area contributed by atoms with E-state index >= 15 is 4.39 Å². The lowest BCUT2D eigenvalue weighted by Gasteiger charge is -2.35. The highest BCUT2D eigenvalue weighted by Crippen LogP contribution is 2.48. The molecule has 200 valence electrons. The van der Waals surface area contributed by atoms with Gasteiger partial charge in [0.05, 0.1) is 11.7 Å². The van der Waals surface area contributed by atoms with Crippen molar-refractivity contribution in [3.8, 4) is 17.5 Å². The minimum Gasteiger partial charge on any atom is -0.330 e. The van der Waals surface area contributed by atoms with E-state index < -0.39 is 5.82 Å². The van der Waals surface area contributed by atoms with Gasteiger partial charge in [-0.25, -0.2) is 13.9 Å². The third-order valence-corrected chi connectivity index (χ3v) is 8.53. The molecule has 0 saturated heterocycles. The molecule has 9 heteroatoms. The van der Waals surface area contributed by atoms with Crippen LogP contribution in [0.2, 0.25) is 0 Å². The Balaban J connectivity index is 1.20. The standard InChI is InChI=1S/C31H27FN6O2/c1-17-21-5-3-2-4-18(21)10-11-37(17)31(40)27-14-28(19-6-7-19)38-29(35-27)15-26(36-38)22-9-8-20(12-25(22)32)23-13-24(23)30(39)34-16-33/h2-5,8-9,12,14-15,17,19,23-24H,6-7,10-11,13H2,1H3,(H,34,39)/t17-,23-,24+/m1/s1. The molecule has 2 aromatic carbocycles. The zero-order valence-corrected chi connectivity index (χ0v) is 22.0. The topological polar surface area (TPSA) is 103 Å². The minimum atomic E-state index is -0.433. The summed E-state index contributed by atoms with van der Waals surface area (Å²) in [4.78, 5) is 32.3. The molecule has 3 heterocycles. The monoisotopic (exact) mass is 534 g/mol. The van der Waals surface area contributed by atoms with Crippen LogP contribution in [0.15, 0.2) is 54.6 Å². The second-order valence-corrected chi connectivity index (χ2v) is 11.1. The van der Waals surface area contributed by atoms with E-state index in [0.29, 0.717) is 41.5 Å². The molecule has 2 aromatic heterocycles. The van der Waals surface area contributed by atoms with Crippen LogP contribution in [0.3, 0.4) is 0 Å². The molecule has 0 radical (unpaired) electrons. The van der Waals surface area contributed by atoms with Crippen LogP contribution in [-0.4, -0.2) is 37.9 Å². The summed E-state index contributed by atoms with van der Waals surface area (Å²) in [5.41, 5.74) is 5.78. The minimum absolute atomic E-state index is 0.0509. The van der Waals surface area contributed by atoms with Crippen LogP contribution in [0, 0.1) is 23.2 Å². The normalized spacial score (nSPS) is 21.5. The van der Waals surface area contributed by atoms with E-state index in [9.17, 15) is 9.59 Å². The smallest absolute Gasteiger partial charge is 0.273 e. The fraction of sp³-hybridized carbons (Fsp3) is 0.323. The van der Waals surface area contributed by atoms with E-state index in [-0.39, 0.29) is 29.7 Å². The Morgan fingerprint density at radius 2 is 1.95 bits per heavy atom. The first-order valence-corrected chi connectivity index (χ1v) is 13.7. The molecule has 3 aliphatic rings. The molecule has 2 amide bonds. The molecule has 8 nitrogen and oxygen atoms in total. The van der Waals surface area contributed by atoms with Crippen LogP contribution in [0.4, 0.5) is 4.39 Å². The molecule has 2 saturated carbocycles. The van der Waals surface area contributed by atoms with Crippen LogP contribution < -0.4 is 5.32 Å². The summed E-state index contributed by atoms with van der Waals surface area (Å²) in [6.07, 6.45) is 5.08. The van der Waals surface area contributed by atoms with Gasteiger partial charge in [0, 0.05) is 35.7 Å². The second kappa shape index (κ2) is 9.26. The fourth-order valence-corrected chi connectivity index (χ4v) is 6.08. The number of carbonyl (C=O) groups excluding carboxylic acids is 2. The summed E-state index contributed by atoms with van der Waals surface area (Å²) in [6.45, 7) is 2.68. The van der Waals surface area contributed by atoms with Gasteiger partial charge in [-0.15, -0.1) is 0 Å². The quantitative estimate of drug-likeness (QED) is 0.291. The van der Waals surface area contributed by atoms with Gasteiger partial charge in [-0.1, -0.05) is 30.3 Å². The van der Waals surface area contributed by atoms with Gasteiger partial charge in [-0.2, -0.15) is 10.4 Å². The van der Waals surface area contributed by atoms with Crippen LogP contribution >= 0.6 is 0 Å². The predicted molar refractivity (Wildman–Crippen MR) is 145 cm³/mol. The number of nitrogens with one attached hydrogen (secondary N) is 1. The maximum Gasteiger partial charge on any atom is 0.273 e. The van der Waals surface area contributed by atoms with E-state index in [1.807, 2.05) is 29.2 Å². The number of rotatable bonds is 5. The molecular weight excluding hydrogens is 507 g/mol. The van der Waals surface area contributed by atoms with Gasteiger partial charge in [0.2, 0.25) is 5.91 Å². The Hall–Kier alpha value is -4.58. The first-order valence-electron chi connectivity index (χ1n) is 13.7. The Bertz CT molecular complexity index is 1740. The van der Waals surface area contributed by atoms with E-state index in [1.54, 1.807) is 22.8 Å². The van der Waals surface area contributed by atoms with Gasteiger partial charge in [0.25, 0.3) is 5.91 Å². The highest BCUT2D eigenvalue weighted by Gasteiger charge is 2.44. The van der Waals surface area contributed by atoms with E-state index in [2.05, 4.69) is 24.4 Å². The van der Waals surface area contributed by atoms with Gasteiger partial charge >= 0.3 is 0 Å². The molecule has 4 aromatic rings. The number of amides is 2. The van der Waals surface area contributed by atoms with E-state index in [1.165, 1.54) is 17.2 Å². The van der Waals surface area contributed by atoms with Crippen molar-refractivity contribution in [1.29, 1.82) is 5.26 Å². The van der Waals surface area contributed by atoms with Crippen molar-refractivity contribution >= 4 is 17.5 Å². The number of hydrogen-bond acceptors (Lipinski definition) is 5. The molecule has 1 aliphatic heterocycles. The number of nitrogens with zero attached hydrogens (tertiary/aromatic N) is 5. The largest absolute Gasteiger partial charge is 0.330 e. The first kappa shape index (κ1) is 24.5. The summed E-state index contributed by atoms with van der Waals surface area (Å²) < 4.78 is 17.1. The van der Waals surface area contributed by atoms with Gasteiger partial charge in [0.15, 0.2) is 11.8 Å². The zero-order valence-electron chi connectivity index (χ0n) is 22.0. The van der Waals surface area contributed by atoms with Crippen molar-refractivity contribution in [3.63, 3.8) is 0 Å². The van der Waals surface area contributed by atoms with E-state index in [0.717, 1.165) is 30.5 Å². The Morgan fingerprint density at radius 1 is 1.12 bits per heavy atom. The van der Waals surface area contributed by atoms with E-state index in [4.69, 9.17) is 15.3 Å². The third kappa shape index (κ3) is 4.11. The Morgan fingerprint density at radius 3 is 2.73 bits per heavy atom. The number of halogens is 1. The highest BCUT2D eigenvalue weighted by molar-refractivity contribution is 5.93. The third-order valence-electron chi connectivity index (χ3n) is 8.53. The Kier molecular flexibility index (Phi) is 5.66. The summed E-state index contributed by atoms with van der Waals surface area (Å²) >= 11 is 0. The van der Waals surface area contributed by atoms with Crippen LogP contribution in [-0.2, 0) is 11.2 Å². The number of fused-ring (bicyclic) bond motifs is 2. The van der Waals surface area contributed by atoms with Gasteiger partial charge in [-0.05, 0) is 73.4 Å². The van der Waals surface area contributed by atoms with Gasteiger partial charge < -0.3 is 4.90 Å². The van der Waals surface area contributed by atoms with Crippen LogP contribution in [0.5, 0.6) is 0 Å². The molecule has 0 bridgehead atoms. The lowest BCUT2D eigenvalue weighted by Crippen LogP contribution is -2.39. The molecule has 7 rings (SSSR count). The molecule has 40 heavy (non-hydrogen) atoms. The zero-order chi connectivity index (χ0) is 27.5.